The van der Waals surface area contributed by atoms with Crippen LogP contribution in [0.2, 0.25) is 0 Å². The molecule has 6 heteroatoms. The zero-order valence-electron chi connectivity index (χ0n) is 13.8. The predicted octanol–water partition coefficient (Wildman–Crippen LogP) is 2.51. The molecule has 0 saturated heterocycles. The maximum absolute atomic E-state index is 11.9. The Hall–Kier alpha value is -1.56. The lowest BCUT2D eigenvalue weighted by molar-refractivity contribution is 0.224. The van der Waals surface area contributed by atoms with E-state index in [0.717, 1.165) is 18.4 Å². The number of rotatable bonds is 7. The Balaban J connectivity index is 2.46. The highest BCUT2D eigenvalue weighted by atomic mass is 32.2. The molecule has 1 aromatic rings. The molecular weight excluding hydrogens is 300 g/mol. The van der Waals surface area contributed by atoms with Crippen LogP contribution < -0.4 is 10.6 Å². The molecule has 0 heterocycles. The molecule has 0 aliphatic carbocycles. The molecule has 0 fully saturated rings. The van der Waals surface area contributed by atoms with Crippen LogP contribution >= 0.6 is 0 Å². The van der Waals surface area contributed by atoms with E-state index in [1.54, 1.807) is 24.3 Å². The summed E-state index contributed by atoms with van der Waals surface area (Å²) >= 11 is 0. The van der Waals surface area contributed by atoms with Gasteiger partial charge in [0.1, 0.15) is 0 Å². The molecule has 1 aromatic carbocycles. The molecule has 2 N–H and O–H groups in total. The SMILES string of the molecule is CCC(C)(CC)NC(=O)NCCc1ccc(S(C)(=O)=O)cc1. The molecule has 0 bridgehead atoms. The van der Waals surface area contributed by atoms with Crippen LogP contribution in [0.1, 0.15) is 39.2 Å². The van der Waals surface area contributed by atoms with Crippen molar-refractivity contribution in [2.75, 3.05) is 12.8 Å². The summed E-state index contributed by atoms with van der Waals surface area (Å²) in [7, 11) is -3.16. The van der Waals surface area contributed by atoms with Crippen molar-refractivity contribution >= 4 is 15.9 Å². The Morgan fingerprint density at radius 2 is 1.68 bits per heavy atom. The summed E-state index contributed by atoms with van der Waals surface area (Å²) in [5, 5.41) is 5.81. The Kier molecular flexibility index (Phi) is 6.41. The molecule has 0 atom stereocenters. The Labute approximate surface area is 133 Å². The predicted molar refractivity (Wildman–Crippen MR) is 88.8 cm³/mol. The van der Waals surface area contributed by atoms with Gasteiger partial charge in [0, 0.05) is 18.3 Å². The summed E-state index contributed by atoms with van der Waals surface area (Å²) in [5.41, 5.74) is 0.808. The Morgan fingerprint density at radius 3 is 2.14 bits per heavy atom. The van der Waals surface area contributed by atoms with Gasteiger partial charge in [-0.2, -0.15) is 0 Å². The van der Waals surface area contributed by atoms with Crippen LogP contribution in [0.5, 0.6) is 0 Å². The van der Waals surface area contributed by atoms with Crippen LogP contribution in [0, 0.1) is 0 Å². The highest BCUT2D eigenvalue weighted by molar-refractivity contribution is 7.90. The topological polar surface area (TPSA) is 75.3 Å². The fraction of sp³-hybridized carbons (Fsp3) is 0.562. The number of carbonyl (C=O) groups is 1. The first-order chi connectivity index (χ1) is 10.2. The van der Waals surface area contributed by atoms with Gasteiger partial charge in [-0.3, -0.25) is 0 Å². The Morgan fingerprint density at radius 1 is 1.14 bits per heavy atom. The molecule has 0 aliphatic heterocycles. The number of hydrogen-bond acceptors (Lipinski definition) is 3. The monoisotopic (exact) mass is 326 g/mol. The second-order valence-corrected chi connectivity index (χ2v) is 7.83. The normalized spacial score (nSPS) is 12.0. The van der Waals surface area contributed by atoms with E-state index in [0.29, 0.717) is 17.9 Å². The number of carbonyl (C=O) groups excluding carboxylic acids is 1. The van der Waals surface area contributed by atoms with Crippen molar-refractivity contribution in [2.45, 2.75) is 50.5 Å². The number of benzene rings is 1. The molecule has 0 unspecified atom stereocenters. The number of amides is 2. The third kappa shape index (κ3) is 5.67. The number of urea groups is 1. The third-order valence-corrected chi connectivity index (χ3v) is 5.16. The van der Waals surface area contributed by atoms with Crippen LogP contribution in [0.3, 0.4) is 0 Å². The standard InChI is InChI=1S/C16H26N2O3S/c1-5-16(3,6-2)18-15(19)17-12-11-13-7-9-14(10-8-13)22(4,20)21/h7-10H,5-6,11-12H2,1-4H3,(H2,17,18,19). The Bertz CT molecular complexity index is 590. The minimum absolute atomic E-state index is 0.168. The molecule has 22 heavy (non-hydrogen) atoms. The van der Waals surface area contributed by atoms with Crippen molar-refractivity contribution in [3.8, 4) is 0 Å². The lowest BCUT2D eigenvalue weighted by atomic mass is 9.96. The zero-order chi connectivity index (χ0) is 16.8. The van der Waals surface area contributed by atoms with Crippen molar-refractivity contribution < 1.29 is 13.2 Å². The molecule has 5 nitrogen and oxygen atoms in total. The van der Waals surface area contributed by atoms with E-state index in [9.17, 15) is 13.2 Å². The van der Waals surface area contributed by atoms with Gasteiger partial charge in [0.15, 0.2) is 9.84 Å². The van der Waals surface area contributed by atoms with E-state index in [-0.39, 0.29) is 11.6 Å². The van der Waals surface area contributed by atoms with E-state index in [1.165, 1.54) is 6.26 Å². The van der Waals surface area contributed by atoms with E-state index in [1.807, 2.05) is 20.8 Å². The molecule has 0 radical (unpaired) electrons. The minimum Gasteiger partial charge on any atom is -0.338 e. The molecule has 2 amide bonds. The van der Waals surface area contributed by atoms with Gasteiger partial charge in [-0.1, -0.05) is 26.0 Å². The first kappa shape index (κ1) is 18.5. The van der Waals surface area contributed by atoms with Gasteiger partial charge < -0.3 is 10.6 Å². The third-order valence-electron chi connectivity index (χ3n) is 4.03. The zero-order valence-corrected chi connectivity index (χ0v) is 14.6. The van der Waals surface area contributed by atoms with Crippen LogP contribution in [0.25, 0.3) is 0 Å². The van der Waals surface area contributed by atoms with Crippen LogP contribution in [0.4, 0.5) is 4.79 Å². The quantitative estimate of drug-likeness (QED) is 0.808. The van der Waals surface area contributed by atoms with E-state index in [4.69, 9.17) is 0 Å². The maximum Gasteiger partial charge on any atom is 0.315 e. The minimum atomic E-state index is -3.16. The van der Waals surface area contributed by atoms with Gasteiger partial charge in [0.25, 0.3) is 0 Å². The van der Waals surface area contributed by atoms with Crippen molar-refractivity contribution in [3.63, 3.8) is 0 Å². The lowest BCUT2D eigenvalue weighted by Gasteiger charge is -2.28. The molecule has 1 rings (SSSR count). The fourth-order valence-electron chi connectivity index (χ4n) is 1.97. The van der Waals surface area contributed by atoms with Crippen molar-refractivity contribution in [3.05, 3.63) is 29.8 Å². The molecule has 0 saturated carbocycles. The summed E-state index contributed by atoms with van der Waals surface area (Å²) in [5.74, 6) is 0. The molecule has 0 aliphatic rings. The second kappa shape index (κ2) is 7.63. The first-order valence-electron chi connectivity index (χ1n) is 7.55. The van der Waals surface area contributed by atoms with E-state index < -0.39 is 9.84 Å². The molecule has 0 spiro atoms. The highest BCUT2D eigenvalue weighted by Gasteiger charge is 2.21. The summed E-state index contributed by atoms with van der Waals surface area (Å²) in [6.45, 7) is 6.63. The fourth-order valence-corrected chi connectivity index (χ4v) is 2.60. The van der Waals surface area contributed by atoms with Crippen LogP contribution in [-0.2, 0) is 16.3 Å². The van der Waals surface area contributed by atoms with Gasteiger partial charge in [0.05, 0.1) is 4.90 Å². The van der Waals surface area contributed by atoms with Crippen molar-refractivity contribution in [1.29, 1.82) is 0 Å². The van der Waals surface area contributed by atoms with E-state index >= 15 is 0 Å². The summed E-state index contributed by atoms with van der Waals surface area (Å²) in [4.78, 5) is 12.2. The summed E-state index contributed by atoms with van der Waals surface area (Å²) in [6, 6.07) is 6.57. The largest absolute Gasteiger partial charge is 0.338 e. The summed E-state index contributed by atoms with van der Waals surface area (Å²) in [6.07, 6.45) is 3.60. The van der Waals surface area contributed by atoms with Gasteiger partial charge in [-0.15, -0.1) is 0 Å². The second-order valence-electron chi connectivity index (χ2n) is 5.81. The number of sulfone groups is 1. The average Bonchev–Trinajstić information content (AvgIpc) is 2.46. The molecular formula is C16H26N2O3S. The molecule has 124 valence electrons. The van der Waals surface area contributed by atoms with Crippen LogP contribution in [-0.4, -0.2) is 32.8 Å². The van der Waals surface area contributed by atoms with Crippen LogP contribution in [0.15, 0.2) is 29.2 Å². The lowest BCUT2D eigenvalue weighted by Crippen LogP contribution is -2.49. The van der Waals surface area contributed by atoms with Crippen molar-refractivity contribution in [2.24, 2.45) is 0 Å². The average molecular weight is 326 g/mol. The first-order valence-corrected chi connectivity index (χ1v) is 9.44. The maximum atomic E-state index is 11.9. The van der Waals surface area contributed by atoms with Crippen molar-refractivity contribution in [1.82, 2.24) is 10.6 Å². The van der Waals surface area contributed by atoms with Gasteiger partial charge in [-0.05, 0) is 43.9 Å². The van der Waals surface area contributed by atoms with E-state index in [2.05, 4.69) is 10.6 Å². The smallest absolute Gasteiger partial charge is 0.315 e. The van der Waals surface area contributed by atoms with Gasteiger partial charge in [-0.25, -0.2) is 13.2 Å². The summed E-state index contributed by atoms with van der Waals surface area (Å²) < 4.78 is 22.7. The molecule has 0 aromatic heterocycles. The van der Waals surface area contributed by atoms with Gasteiger partial charge in [0.2, 0.25) is 0 Å². The number of hydrogen-bond donors (Lipinski definition) is 2. The number of nitrogens with one attached hydrogen (secondary N) is 2. The van der Waals surface area contributed by atoms with Gasteiger partial charge >= 0.3 is 6.03 Å². The highest BCUT2D eigenvalue weighted by Crippen LogP contribution is 2.13.